The molecule has 1 aliphatic carbocycles. The van der Waals surface area contributed by atoms with Gasteiger partial charge < -0.3 is 9.47 Å². The molecule has 1 atom stereocenters. The summed E-state index contributed by atoms with van der Waals surface area (Å²) < 4.78 is 12.5. The molecule has 4 heteroatoms. The minimum absolute atomic E-state index is 0.330. The molecule has 29 heavy (non-hydrogen) atoms. The average Bonchev–Trinajstić information content (AvgIpc) is 2.73. The third-order valence-electron chi connectivity index (χ3n) is 4.98. The standard InChI is InChI=1S/C25H24N2O2/c1-17-5-8-20(9-6-17)28-23-10-12-26-15-21(23)22-16-27-13-11-24(22)29-25-14-18(2)4-7-19(25)3/h4-6,8-16,19H,7H2,1-3H3. The van der Waals surface area contributed by atoms with Crippen LogP contribution in [0, 0.1) is 12.8 Å². The number of pyridine rings is 2. The van der Waals surface area contributed by atoms with Crippen molar-refractivity contribution >= 4 is 0 Å². The molecule has 1 aliphatic rings. The van der Waals surface area contributed by atoms with Gasteiger partial charge in [-0.05, 0) is 50.6 Å². The third-order valence-corrected chi connectivity index (χ3v) is 4.98. The summed E-state index contributed by atoms with van der Waals surface area (Å²) in [6.45, 7) is 6.32. The van der Waals surface area contributed by atoms with Crippen molar-refractivity contribution in [1.29, 1.82) is 0 Å². The summed E-state index contributed by atoms with van der Waals surface area (Å²) in [5.41, 5.74) is 4.10. The highest BCUT2D eigenvalue weighted by Gasteiger charge is 2.18. The van der Waals surface area contributed by atoms with Crippen LogP contribution in [-0.4, -0.2) is 9.97 Å². The molecule has 1 aromatic carbocycles. The molecule has 146 valence electrons. The number of nitrogens with zero attached hydrogens (tertiary/aromatic N) is 2. The summed E-state index contributed by atoms with van der Waals surface area (Å²) in [4.78, 5) is 8.62. The highest BCUT2D eigenvalue weighted by atomic mass is 16.5. The summed E-state index contributed by atoms with van der Waals surface area (Å²) in [6, 6.07) is 11.7. The normalized spacial score (nSPS) is 16.0. The minimum Gasteiger partial charge on any atom is -0.461 e. The number of hydrogen-bond donors (Lipinski definition) is 0. The van der Waals surface area contributed by atoms with E-state index in [4.69, 9.17) is 9.47 Å². The van der Waals surface area contributed by atoms with Crippen LogP contribution in [0.2, 0.25) is 0 Å². The zero-order valence-corrected chi connectivity index (χ0v) is 16.9. The predicted molar refractivity (Wildman–Crippen MR) is 115 cm³/mol. The first-order valence-electron chi connectivity index (χ1n) is 9.79. The van der Waals surface area contributed by atoms with E-state index >= 15 is 0 Å². The van der Waals surface area contributed by atoms with E-state index in [1.165, 1.54) is 11.1 Å². The van der Waals surface area contributed by atoms with E-state index in [0.29, 0.717) is 11.7 Å². The Balaban J connectivity index is 1.69. The van der Waals surface area contributed by atoms with Gasteiger partial charge in [-0.1, -0.05) is 36.3 Å². The van der Waals surface area contributed by atoms with Crippen LogP contribution in [0.4, 0.5) is 0 Å². The second kappa shape index (κ2) is 8.31. The highest BCUT2D eigenvalue weighted by Crippen LogP contribution is 2.39. The third kappa shape index (κ3) is 4.37. The Hall–Kier alpha value is -3.40. The van der Waals surface area contributed by atoms with Crippen LogP contribution in [0.5, 0.6) is 17.2 Å². The average molecular weight is 384 g/mol. The fourth-order valence-electron chi connectivity index (χ4n) is 3.24. The van der Waals surface area contributed by atoms with Crippen molar-refractivity contribution in [1.82, 2.24) is 9.97 Å². The van der Waals surface area contributed by atoms with Gasteiger partial charge in [-0.2, -0.15) is 0 Å². The number of hydrogen-bond acceptors (Lipinski definition) is 4. The second-order valence-corrected chi connectivity index (χ2v) is 7.39. The molecule has 0 aliphatic heterocycles. The minimum atomic E-state index is 0.330. The summed E-state index contributed by atoms with van der Waals surface area (Å²) in [7, 11) is 0. The Morgan fingerprint density at radius 2 is 1.45 bits per heavy atom. The lowest BCUT2D eigenvalue weighted by Crippen LogP contribution is -2.10. The first kappa shape index (κ1) is 18.9. The predicted octanol–water partition coefficient (Wildman–Crippen LogP) is 6.49. The lowest BCUT2D eigenvalue weighted by molar-refractivity contribution is 0.355. The number of rotatable bonds is 5. The van der Waals surface area contributed by atoms with Crippen LogP contribution in [0.3, 0.4) is 0 Å². The smallest absolute Gasteiger partial charge is 0.138 e. The van der Waals surface area contributed by atoms with E-state index < -0.39 is 0 Å². The van der Waals surface area contributed by atoms with Gasteiger partial charge in [0, 0.05) is 41.8 Å². The highest BCUT2D eigenvalue weighted by molar-refractivity contribution is 5.74. The molecule has 3 aromatic rings. The Morgan fingerprint density at radius 1 is 0.828 bits per heavy atom. The van der Waals surface area contributed by atoms with Gasteiger partial charge >= 0.3 is 0 Å². The largest absolute Gasteiger partial charge is 0.461 e. The van der Waals surface area contributed by atoms with Crippen molar-refractivity contribution in [2.24, 2.45) is 5.92 Å². The van der Waals surface area contributed by atoms with Crippen molar-refractivity contribution in [3.63, 3.8) is 0 Å². The molecule has 0 saturated carbocycles. The Kier molecular flexibility index (Phi) is 5.43. The molecule has 1 unspecified atom stereocenters. The molecule has 0 spiro atoms. The van der Waals surface area contributed by atoms with Gasteiger partial charge in [-0.15, -0.1) is 0 Å². The maximum absolute atomic E-state index is 6.34. The van der Waals surface area contributed by atoms with Crippen molar-refractivity contribution in [2.45, 2.75) is 27.2 Å². The van der Waals surface area contributed by atoms with Crippen LogP contribution in [0.1, 0.15) is 25.8 Å². The van der Waals surface area contributed by atoms with Crippen LogP contribution in [0.25, 0.3) is 11.1 Å². The van der Waals surface area contributed by atoms with Crippen molar-refractivity contribution < 1.29 is 9.47 Å². The quantitative estimate of drug-likeness (QED) is 0.504. The number of benzene rings is 1. The van der Waals surface area contributed by atoms with E-state index in [0.717, 1.165) is 34.8 Å². The molecule has 0 amide bonds. The molecule has 4 rings (SSSR count). The van der Waals surface area contributed by atoms with Gasteiger partial charge in [-0.3, -0.25) is 9.97 Å². The van der Waals surface area contributed by atoms with Gasteiger partial charge in [0.25, 0.3) is 0 Å². The van der Waals surface area contributed by atoms with Gasteiger partial charge in [0.2, 0.25) is 0 Å². The van der Waals surface area contributed by atoms with E-state index in [1.807, 2.05) is 36.4 Å². The molecule has 2 heterocycles. The maximum atomic E-state index is 6.34. The zero-order valence-electron chi connectivity index (χ0n) is 16.9. The second-order valence-electron chi connectivity index (χ2n) is 7.39. The Labute approximate surface area is 171 Å². The molecule has 0 bridgehead atoms. The fourth-order valence-corrected chi connectivity index (χ4v) is 3.24. The van der Waals surface area contributed by atoms with Crippen molar-refractivity contribution in [2.75, 3.05) is 0 Å². The van der Waals surface area contributed by atoms with Crippen LogP contribution < -0.4 is 9.47 Å². The molecular formula is C25H24N2O2. The van der Waals surface area contributed by atoms with Gasteiger partial charge in [0.1, 0.15) is 23.0 Å². The van der Waals surface area contributed by atoms with Gasteiger partial charge in [0.15, 0.2) is 0 Å². The number of ether oxygens (including phenoxy) is 2. The Bertz CT molecular complexity index is 1070. The van der Waals surface area contributed by atoms with Crippen LogP contribution in [0.15, 0.2) is 84.7 Å². The maximum Gasteiger partial charge on any atom is 0.138 e. The van der Waals surface area contributed by atoms with Gasteiger partial charge in [0.05, 0.1) is 0 Å². The lowest BCUT2D eigenvalue weighted by atomic mass is 9.97. The molecule has 0 radical (unpaired) electrons. The van der Waals surface area contributed by atoms with Crippen molar-refractivity contribution in [3.8, 4) is 28.4 Å². The monoisotopic (exact) mass is 384 g/mol. The number of aryl methyl sites for hydroxylation is 1. The molecule has 0 N–H and O–H groups in total. The van der Waals surface area contributed by atoms with Crippen molar-refractivity contribution in [3.05, 3.63) is 90.2 Å². The molecular weight excluding hydrogens is 360 g/mol. The van der Waals surface area contributed by atoms with E-state index in [-0.39, 0.29) is 0 Å². The zero-order chi connectivity index (χ0) is 20.2. The summed E-state index contributed by atoms with van der Waals surface area (Å²) in [5.74, 6) is 3.52. The SMILES string of the molecule is CC1=CCC(C)C(Oc2ccncc2-c2cnccc2Oc2ccc(C)cc2)=C1. The Morgan fingerprint density at radius 3 is 2.10 bits per heavy atom. The lowest BCUT2D eigenvalue weighted by Gasteiger charge is -2.21. The first-order valence-corrected chi connectivity index (χ1v) is 9.79. The van der Waals surface area contributed by atoms with Crippen LogP contribution in [-0.2, 0) is 0 Å². The molecule has 0 fully saturated rings. The topological polar surface area (TPSA) is 44.2 Å². The van der Waals surface area contributed by atoms with E-state index in [2.05, 4.69) is 42.9 Å². The molecule has 0 saturated heterocycles. The van der Waals surface area contributed by atoms with E-state index in [9.17, 15) is 0 Å². The summed E-state index contributed by atoms with van der Waals surface area (Å²) >= 11 is 0. The number of aromatic nitrogens is 2. The molecule has 4 nitrogen and oxygen atoms in total. The van der Waals surface area contributed by atoms with Crippen LogP contribution >= 0.6 is 0 Å². The molecule has 2 aromatic heterocycles. The number of allylic oxidation sites excluding steroid dienone is 4. The fraction of sp³-hybridized carbons (Fsp3) is 0.200. The summed E-state index contributed by atoms with van der Waals surface area (Å²) in [6.07, 6.45) is 12.4. The summed E-state index contributed by atoms with van der Waals surface area (Å²) in [5, 5.41) is 0. The van der Waals surface area contributed by atoms with E-state index in [1.54, 1.807) is 24.8 Å². The first-order chi connectivity index (χ1) is 14.1. The van der Waals surface area contributed by atoms with Gasteiger partial charge in [-0.25, -0.2) is 0 Å².